The summed E-state index contributed by atoms with van der Waals surface area (Å²) >= 11 is 10.9. The van der Waals surface area contributed by atoms with Crippen molar-refractivity contribution in [2.45, 2.75) is 13.5 Å². The number of hydrazone groups is 1. The van der Waals surface area contributed by atoms with Gasteiger partial charge in [-0.25, -0.2) is 0 Å². The number of nitrogens with one attached hydrogen (secondary N) is 2. The Bertz CT molecular complexity index is 736. The molecular weight excluding hydrogens is 358 g/mol. The smallest absolute Gasteiger partial charge is 0.186 e. The summed E-state index contributed by atoms with van der Waals surface area (Å²) in [6.07, 6.45) is 1.66. The molecule has 0 bridgehead atoms. The molecule has 0 radical (unpaired) electrons. The molecule has 0 amide bonds. The average molecular weight is 378 g/mol. The first kappa shape index (κ1) is 19.0. The van der Waals surface area contributed by atoms with Crippen LogP contribution in [0.3, 0.4) is 0 Å². The lowest BCUT2D eigenvalue weighted by molar-refractivity contribution is 0.284. The Morgan fingerprint density at radius 1 is 1.20 bits per heavy atom. The summed E-state index contributed by atoms with van der Waals surface area (Å²) in [5.41, 5.74) is 4.63. The molecule has 2 rings (SSSR count). The Balaban J connectivity index is 1.99. The SMILES string of the molecule is CCNC(=S)N/N=C/c1ccc(OCc2ccc(Cl)cc2)c(OC)c1. The predicted molar refractivity (Wildman–Crippen MR) is 106 cm³/mol. The van der Waals surface area contributed by atoms with Crippen molar-refractivity contribution in [1.82, 2.24) is 10.7 Å². The van der Waals surface area contributed by atoms with E-state index in [1.54, 1.807) is 13.3 Å². The van der Waals surface area contributed by atoms with Crippen LogP contribution in [0.25, 0.3) is 0 Å². The van der Waals surface area contributed by atoms with Gasteiger partial charge in [0.15, 0.2) is 16.6 Å². The van der Waals surface area contributed by atoms with Gasteiger partial charge in [0.2, 0.25) is 0 Å². The highest BCUT2D eigenvalue weighted by molar-refractivity contribution is 7.80. The van der Waals surface area contributed by atoms with Crippen LogP contribution in [-0.4, -0.2) is 25.0 Å². The highest BCUT2D eigenvalue weighted by Gasteiger charge is 2.06. The molecule has 5 nitrogen and oxygen atoms in total. The first-order valence-electron chi connectivity index (χ1n) is 7.74. The molecule has 0 saturated carbocycles. The van der Waals surface area contributed by atoms with Crippen molar-refractivity contribution in [2.24, 2.45) is 5.10 Å². The summed E-state index contributed by atoms with van der Waals surface area (Å²) in [5, 5.41) is 8.21. The lowest BCUT2D eigenvalue weighted by atomic mass is 10.2. The van der Waals surface area contributed by atoms with E-state index in [0.29, 0.717) is 28.2 Å². The van der Waals surface area contributed by atoms with Crippen molar-refractivity contribution < 1.29 is 9.47 Å². The van der Waals surface area contributed by atoms with Crippen molar-refractivity contribution in [3.05, 3.63) is 58.6 Å². The lowest BCUT2D eigenvalue weighted by Gasteiger charge is -2.11. The normalized spacial score (nSPS) is 10.5. The molecule has 25 heavy (non-hydrogen) atoms. The molecule has 7 heteroatoms. The minimum atomic E-state index is 0.430. The molecule has 0 aliphatic heterocycles. The zero-order chi connectivity index (χ0) is 18.1. The number of hydrogen-bond donors (Lipinski definition) is 2. The molecule has 0 unspecified atom stereocenters. The number of nitrogens with zero attached hydrogens (tertiary/aromatic N) is 1. The average Bonchev–Trinajstić information content (AvgIpc) is 2.62. The maximum absolute atomic E-state index is 5.88. The molecule has 2 aromatic carbocycles. The van der Waals surface area contributed by atoms with Crippen molar-refractivity contribution in [3.63, 3.8) is 0 Å². The summed E-state index contributed by atoms with van der Waals surface area (Å²) in [6, 6.07) is 13.1. The minimum absolute atomic E-state index is 0.430. The Labute approximate surface area is 158 Å². The van der Waals surface area contributed by atoms with E-state index in [1.165, 1.54) is 0 Å². The number of halogens is 1. The van der Waals surface area contributed by atoms with Crippen LogP contribution in [0.5, 0.6) is 11.5 Å². The molecule has 2 aromatic rings. The van der Waals surface area contributed by atoms with Crippen molar-refractivity contribution in [3.8, 4) is 11.5 Å². The van der Waals surface area contributed by atoms with Gasteiger partial charge in [-0.1, -0.05) is 23.7 Å². The summed E-state index contributed by atoms with van der Waals surface area (Å²) in [4.78, 5) is 0. The van der Waals surface area contributed by atoms with Crippen molar-refractivity contribution in [2.75, 3.05) is 13.7 Å². The van der Waals surface area contributed by atoms with Crippen LogP contribution in [0.15, 0.2) is 47.6 Å². The molecular formula is C18H20ClN3O2S. The fraction of sp³-hybridized carbons (Fsp3) is 0.222. The fourth-order valence-electron chi connectivity index (χ4n) is 1.99. The summed E-state index contributed by atoms with van der Waals surface area (Å²) in [6.45, 7) is 3.14. The molecule has 0 heterocycles. The van der Waals surface area contributed by atoms with Gasteiger partial charge in [-0.15, -0.1) is 0 Å². The van der Waals surface area contributed by atoms with Gasteiger partial charge in [-0.3, -0.25) is 5.43 Å². The number of benzene rings is 2. The van der Waals surface area contributed by atoms with Crippen LogP contribution in [0, 0.1) is 0 Å². The van der Waals surface area contributed by atoms with E-state index in [-0.39, 0.29) is 0 Å². The molecule has 0 aliphatic rings. The number of ether oxygens (including phenoxy) is 2. The van der Waals surface area contributed by atoms with E-state index in [9.17, 15) is 0 Å². The monoisotopic (exact) mass is 377 g/mol. The molecule has 0 aromatic heterocycles. The quantitative estimate of drug-likeness (QED) is 0.437. The van der Waals surface area contributed by atoms with Gasteiger partial charge < -0.3 is 14.8 Å². The highest BCUT2D eigenvalue weighted by atomic mass is 35.5. The maximum Gasteiger partial charge on any atom is 0.186 e. The number of rotatable bonds is 7. The maximum atomic E-state index is 5.88. The fourth-order valence-corrected chi connectivity index (χ4v) is 2.31. The third kappa shape index (κ3) is 6.25. The molecule has 0 fully saturated rings. The zero-order valence-electron chi connectivity index (χ0n) is 14.1. The van der Waals surface area contributed by atoms with Gasteiger partial charge >= 0.3 is 0 Å². The van der Waals surface area contributed by atoms with Crippen molar-refractivity contribution in [1.29, 1.82) is 0 Å². The first-order valence-corrected chi connectivity index (χ1v) is 8.53. The largest absolute Gasteiger partial charge is 0.493 e. The molecule has 0 saturated heterocycles. The Morgan fingerprint density at radius 2 is 1.96 bits per heavy atom. The highest BCUT2D eigenvalue weighted by Crippen LogP contribution is 2.28. The Morgan fingerprint density at radius 3 is 2.64 bits per heavy atom. The van der Waals surface area contributed by atoms with Gasteiger partial charge in [-0.2, -0.15) is 5.10 Å². The van der Waals surface area contributed by atoms with Crippen molar-refractivity contribution >= 4 is 35.1 Å². The second-order valence-corrected chi connectivity index (χ2v) is 5.90. The van der Waals surface area contributed by atoms with Gasteiger partial charge in [-0.05, 0) is 60.6 Å². The lowest BCUT2D eigenvalue weighted by Crippen LogP contribution is -2.31. The number of hydrogen-bond acceptors (Lipinski definition) is 4. The minimum Gasteiger partial charge on any atom is -0.493 e. The third-order valence-corrected chi connectivity index (χ3v) is 3.70. The molecule has 0 spiro atoms. The molecule has 132 valence electrons. The van der Waals surface area contributed by atoms with E-state index >= 15 is 0 Å². The predicted octanol–water partition coefficient (Wildman–Crippen LogP) is 3.75. The number of thiocarbonyl (C=S) groups is 1. The van der Waals surface area contributed by atoms with E-state index in [4.69, 9.17) is 33.3 Å². The second-order valence-electron chi connectivity index (χ2n) is 5.05. The topological polar surface area (TPSA) is 54.9 Å². The Kier molecular flexibility index (Phi) is 7.50. The zero-order valence-corrected chi connectivity index (χ0v) is 15.7. The first-order chi connectivity index (χ1) is 12.1. The van der Waals surface area contributed by atoms with Crippen LogP contribution >= 0.6 is 23.8 Å². The summed E-state index contributed by atoms with van der Waals surface area (Å²) in [5.74, 6) is 1.29. The van der Waals surface area contributed by atoms with Crippen LogP contribution < -0.4 is 20.2 Å². The molecule has 2 N–H and O–H groups in total. The van der Waals surface area contributed by atoms with E-state index in [0.717, 1.165) is 17.7 Å². The van der Waals surface area contributed by atoms with Gasteiger partial charge in [0.05, 0.1) is 13.3 Å². The second kappa shape index (κ2) is 9.86. The van der Waals surface area contributed by atoms with Gasteiger partial charge in [0.1, 0.15) is 6.61 Å². The summed E-state index contributed by atoms with van der Waals surface area (Å²) < 4.78 is 11.2. The third-order valence-electron chi connectivity index (χ3n) is 3.21. The molecule has 0 atom stereocenters. The van der Waals surface area contributed by atoms with E-state index in [2.05, 4.69) is 15.8 Å². The standard InChI is InChI=1S/C18H20ClN3O2S/c1-3-20-18(25)22-21-11-14-6-9-16(17(10-14)23-2)24-12-13-4-7-15(19)8-5-13/h4-11H,3,12H2,1-2H3,(H2,20,22,25)/b21-11+. The van der Waals surface area contributed by atoms with Crippen LogP contribution in [-0.2, 0) is 6.61 Å². The summed E-state index contributed by atoms with van der Waals surface area (Å²) in [7, 11) is 1.60. The Hall–Kier alpha value is -2.31. The van der Waals surface area contributed by atoms with E-state index in [1.807, 2.05) is 49.4 Å². The molecule has 0 aliphatic carbocycles. The van der Waals surface area contributed by atoms with Gasteiger partial charge in [0.25, 0.3) is 0 Å². The van der Waals surface area contributed by atoms with Crippen LogP contribution in [0.2, 0.25) is 5.02 Å². The van der Waals surface area contributed by atoms with E-state index < -0.39 is 0 Å². The number of methoxy groups -OCH3 is 1. The van der Waals surface area contributed by atoms with Crippen LogP contribution in [0.4, 0.5) is 0 Å². The van der Waals surface area contributed by atoms with Crippen LogP contribution in [0.1, 0.15) is 18.1 Å². The van der Waals surface area contributed by atoms with Gasteiger partial charge in [0, 0.05) is 11.6 Å².